The SMILES string of the molecule is c1cc(CCC2CCNCC2)c2c(c1)OCO2. The minimum absolute atomic E-state index is 0.375. The van der Waals surface area contributed by atoms with Gasteiger partial charge in [-0.1, -0.05) is 12.1 Å². The van der Waals surface area contributed by atoms with Gasteiger partial charge >= 0.3 is 0 Å². The van der Waals surface area contributed by atoms with Gasteiger partial charge in [0.25, 0.3) is 0 Å². The number of para-hydroxylation sites is 1. The normalized spacial score (nSPS) is 19.5. The molecule has 0 aromatic heterocycles. The molecule has 3 heteroatoms. The largest absolute Gasteiger partial charge is 0.454 e. The van der Waals surface area contributed by atoms with E-state index in [-0.39, 0.29) is 0 Å². The van der Waals surface area contributed by atoms with Crippen molar-refractivity contribution in [2.45, 2.75) is 25.7 Å². The van der Waals surface area contributed by atoms with Gasteiger partial charge in [0.15, 0.2) is 11.5 Å². The smallest absolute Gasteiger partial charge is 0.231 e. The van der Waals surface area contributed by atoms with Gasteiger partial charge in [-0.2, -0.15) is 0 Å². The first-order valence-corrected chi connectivity index (χ1v) is 6.52. The van der Waals surface area contributed by atoms with Gasteiger partial charge in [0.1, 0.15) is 0 Å². The van der Waals surface area contributed by atoms with E-state index in [1.807, 2.05) is 6.07 Å². The van der Waals surface area contributed by atoms with Crippen LogP contribution in [0.1, 0.15) is 24.8 Å². The third kappa shape index (κ3) is 2.39. The van der Waals surface area contributed by atoms with Crippen molar-refractivity contribution < 1.29 is 9.47 Å². The average Bonchev–Trinajstić information content (AvgIpc) is 2.86. The van der Waals surface area contributed by atoms with Crippen molar-refractivity contribution in [2.24, 2.45) is 5.92 Å². The molecule has 1 N–H and O–H groups in total. The number of fused-ring (bicyclic) bond motifs is 1. The molecule has 1 fully saturated rings. The summed E-state index contributed by atoms with van der Waals surface area (Å²) >= 11 is 0. The molecule has 3 rings (SSSR count). The number of hydrogen-bond donors (Lipinski definition) is 1. The molecule has 1 saturated heterocycles. The Morgan fingerprint density at radius 1 is 1.18 bits per heavy atom. The van der Waals surface area contributed by atoms with E-state index in [4.69, 9.17) is 9.47 Å². The van der Waals surface area contributed by atoms with Crippen LogP contribution in [0.25, 0.3) is 0 Å². The molecule has 0 saturated carbocycles. The standard InChI is InChI=1S/C14H19NO2/c1-2-12(14-13(3-1)16-10-17-14)5-4-11-6-8-15-9-7-11/h1-3,11,15H,4-10H2. The number of piperidine rings is 1. The zero-order valence-electron chi connectivity index (χ0n) is 10.1. The monoisotopic (exact) mass is 233 g/mol. The maximum Gasteiger partial charge on any atom is 0.231 e. The van der Waals surface area contributed by atoms with Crippen LogP contribution in [0.4, 0.5) is 0 Å². The van der Waals surface area contributed by atoms with Crippen LogP contribution >= 0.6 is 0 Å². The summed E-state index contributed by atoms with van der Waals surface area (Å²) in [6.45, 7) is 2.73. The van der Waals surface area contributed by atoms with Crippen molar-refractivity contribution in [3.63, 3.8) is 0 Å². The van der Waals surface area contributed by atoms with E-state index in [2.05, 4.69) is 17.4 Å². The summed E-state index contributed by atoms with van der Waals surface area (Å²) in [6.07, 6.45) is 5.00. The van der Waals surface area contributed by atoms with E-state index >= 15 is 0 Å². The van der Waals surface area contributed by atoms with Crippen LogP contribution in [-0.4, -0.2) is 19.9 Å². The fourth-order valence-electron chi connectivity index (χ4n) is 2.72. The van der Waals surface area contributed by atoms with Gasteiger partial charge in [0.05, 0.1) is 0 Å². The lowest BCUT2D eigenvalue weighted by Crippen LogP contribution is -2.27. The minimum Gasteiger partial charge on any atom is -0.454 e. The van der Waals surface area contributed by atoms with Crippen molar-refractivity contribution in [1.29, 1.82) is 0 Å². The number of rotatable bonds is 3. The maximum absolute atomic E-state index is 5.53. The molecule has 2 aliphatic heterocycles. The van der Waals surface area contributed by atoms with Crippen molar-refractivity contribution in [3.05, 3.63) is 23.8 Å². The number of nitrogens with one attached hydrogen (secondary N) is 1. The summed E-state index contributed by atoms with van der Waals surface area (Å²) in [6, 6.07) is 6.20. The molecular formula is C14H19NO2. The molecule has 1 aromatic rings. The highest BCUT2D eigenvalue weighted by atomic mass is 16.7. The Balaban J connectivity index is 1.63. The molecule has 3 nitrogen and oxygen atoms in total. The quantitative estimate of drug-likeness (QED) is 0.869. The van der Waals surface area contributed by atoms with Crippen LogP contribution in [0.15, 0.2) is 18.2 Å². The third-order valence-corrected chi connectivity index (χ3v) is 3.76. The van der Waals surface area contributed by atoms with Crippen LogP contribution in [0, 0.1) is 5.92 Å². The molecule has 2 heterocycles. The second kappa shape index (κ2) is 4.96. The zero-order valence-corrected chi connectivity index (χ0v) is 10.1. The van der Waals surface area contributed by atoms with Crippen molar-refractivity contribution in [1.82, 2.24) is 5.32 Å². The summed E-state index contributed by atoms with van der Waals surface area (Å²) in [5.74, 6) is 2.75. The van der Waals surface area contributed by atoms with Crippen LogP contribution in [0.5, 0.6) is 11.5 Å². The molecular weight excluding hydrogens is 214 g/mol. The molecule has 92 valence electrons. The third-order valence-electron chi connectivity index (χ3n) is 3.76. The first kappa shape index (κ1) is 10.9. The Morgan fingerprint density at radius 3 is 2.94 bits per heavy atom. The van der Waals surface area contributed by atoms with Crippen LogP contribution < -0.4 is 14.8 Å². The molecule has 0 unspecified atom stereocenters. The van der Waals surface area contributed by atoms with Gasteiger partial charge in [0, 0.05) is 0 Å². The Labute approximate surface area is 102 Å². The Morgan fingerprint density at radius 2 is 2.06 bits per heavy atom. The van der Waals surface area contributed by atoms with Crippen molar-refractivity contribution >= 4 is 0 Å². The van der Waals surface area contributed by atoms with E-state index in [1.54, 1.807) is 0 Å². The molecule has 0 aliphatic carbocycles. The minimum atomic E-state index is 0.375. The zero-order chi connectivity index (χ0) is 11.5. The number of hydrogen-bond acceptors (Lipinski definition) is 3. The predicted molar refractivity (Wildman–Crippen MR) is 66.5 cm³/mol. The predicted octanol–water partition coefficient (Wildman–Crippen LogP) is 2.35. The summed E-state index contributed by atoms with van der Waals surface area (Å²) in [4.78, 5) is 0. The molecule has 0 radical (unpaired) electrons. The van der Waals surface area contributed by atoms with Gasteiger partial charge in [-0.15, -0.1) is 0 Å². The fourth-order valence-corrected chi connectivity index (χ4v) is 2.72. The Hall–Kier alpha value is -1.22. The van der Waals surface area contributed by atoms with E-state index in [0.29, 0.717) is 6.79 Å². The molecule has 0 spiro atoms. The van der Waals surface area contributed by atoms with Crippen LogP contribution in [-0.2, 0) is 6.42 Å². The van der Waals surface area contributed by atoms with Crippen molar-refractivity contribution in [2.75, 3.05) is 19.9 Å². The second-order valence-electron chi connectivity index (χ2n) is 4.88. The molecule has 2 aliphatic rings. The maximum atomic E-state index is 5.53. The van der Waals surface area contributed by atoms with Gasteiger partial charge in [-0.3, -0.25) is 0 Å². The van der Waals surface area contributed by atoms with Crippen molar-refractivity contribution in [3.8, 4) is 11.5 Å². The number of benzene rings is 1. The summed E-state index contributed by atoms with van der Waals surface area (Å²) in [5, 5.41) is 3.41. The van der Waals surface area contributed by atoms with E-state index in [1.165, 1.54) is 37.9 Å². The first-order chi connectivity index (χ1) is 8.43. The van der Waals surface area contributed by atoms with Gasteiger partial charge < -0.3 is 14.8 Å². The molecule has 0 amide bonds. The Bertz CT molecular complexity index is 386. The van der Waals surface area contributed by atoms with E-state index in [0.717, 1.165) is 23.8 Å². The van der Waals surface area contributed by atoms with E-state index in [9.17, 15) is 0 Å². The fraction of sp³-hybridized carbons (Fsp3) is 0.571. The van der Waals surface area contributed by atoms with Gasteiger partial charge in [-0.05, 0) is 56.3 Å². The lowest BCUT2D eigenvalue weighted by atomic mass is 9.91. The summed E-state index contributed by atoms with van der Waals surface area (Å²) in [5.41, 5.74) is 1.30. The first-order valence-electron chi connectivity index (χ1n) is 6.52. The van der Waals surface area contributed by atoms with Crippen LogP contribution in [0.2, 0.25) is 0 Å². The van der Waals surface area contributed by atoms with Gasteiger partial charge in [-0.25, -0.2) is 0 Å². The highest BCUT2D eigenvalue weighted by Crippen LogP contribution is 2.36. The lowest BCUT2D eigenvalue weighted by molar-refractivity contribution is 0.173. The van der Waals surface area contributed by atoms with Crippen LogP contribution in [0.3, 0.4) is 0 Å². The topological polar surface area (TPSA) is 30.5 Å². The second-order valence-corrected chi connectivity index (χ2v) is 4.88. The lowest BCUT2D eigenvalue weighted by Gasteiger charge is -2.22. The highest BCUT2D eigenvalue weighted by Gasteiger charge is 2.18. The molecule has 0 atom stereocenters. The number of aryl methyl sites for hydroxylation is 1. The number of ether oxygens (including phenoxy) is 2. The molecule has 1 aromatic carbocycles. The highest BCUT2D eigenvalue weighted by molar-refractivity contribution is 5.48. The summed E-state index contributed by atoms with van der Waals surface area (Å²) < 4.78 is 10.9. The average molecular weight is 233 g/mol. The summed E-state index contributed by atoms with van der Waals surface area (Å²) in [7, 11) is 0. The molecule has 0 bridgehead atoms. The Kier molecular flexibility index (Phi) is 3.18. The molecule has 17 heavy (non-hydrogen) atoms. The van der Waals surface area contributed by atoms with E-state index < -0.39 is 0 Å². The van der Waals surface area contributed by atoms with Gasteiger partial charge in [0.2, 0.25) is 6.79 Å².